The van der Waals surface area contributed by atoms with Crippen LogP contribution in [0, 0.1) is 6.92 Å². The molecule has 1 aliphatic heterocycles. The van der Waals surface area contributed by atoms with Crippen LogP contribution in [0.2, 0.25) is 0 Å². The third kappa shape index (κ3) is 2.67. The molecule has 4 rings (SSSR count). The number of benzene rings is 2. The minimum absolute atomic E-state index is 0.167. The van der Waals surface area contributed by atoms with Gasteiger partial charge in [0.2, 0.25) is 5.78 Å². The van der Waals surface area contributed by atoms with Gasteiger partial charge >= 0.3 is 0 Å². The van der Waals surface area contributed by atoms with Gasteiger partial charge in [-0.1, -0.05) is 60.2 Å². The van der Waals surface area contributed by atoms with E-state index in [1.807, 2.05) is 37.3 Å². The Labute approximate surface area is 142 Å². The SMILES string of the molecule is Cc1ccc(C(=O)C[n+]2cc(-c3ccccc3)n3c2CCC3)cc1. The molecule has 3 heteroatoms. The van der Waals surface area contributed by atoms with Gasteiger partial charge in [0.1, 0.15) is 6.20 Å². The van der Waals surface area contributed by atoms with Crippen LogP contribution in [0.25, 0.3) is 11.3 Å². The first-order chi connectivity index (χ1) is 11.7. The maximum absolute atomic E-state index is 12.6. The van der Waals surface area contributed by atoms with Gasteiger partial charge in [-0.2, -0.15) is 0 Å². The number of hydrogen-bond donors (Lipinski definition) is 0. The van der Waals surface area contributed by atoms with E-state index in [-0.39, 0.29) is 5.78 Å². The highest BCUT2D eigenvalue weighted by atomic mass is 16.1. The highest BCUT2D eigenvalue weighted by Crippen LogP contribution is 2.24. The van der Waals surface area contributed by atoms with Crippen molar-refractivity contribution in [3.63, 3.8) is 0 Å². The second kappa shape index (κ2) is 6.08. The van der Waals surface area contributed by atoms with Gasteiger partial charge in [-0.05, 0) is 13.3 Å². The van der Waals surface area contributed by atoms with E-state index in [1.54, 1.807) is 0 Å². The molecule has 0 fully saturated rings. The molecule has 3 nitrogen and oxygen atoms in total. The smallest absolute Gasteiger partial charge is 0.257 e. The van der Waals surface area contributed by atoms with E-state index in [4.69, 9.17) is 0 Å². The summed E-state index contributed by atoms with van der Waals surface area (Å²) < 4.78 is 4.50. The summed E-state index contributed by atoms with van der Waals surface area (Å²) in [5.74, 6) is 1.43. The highest BCUT2D eigenvalue weighted by molar-refractivity contribution is 5.95. The Balaban J connectivity index is 1.67. The van der Waals surface area contributed by atoms with Crippen molar-refractivity contribution in [2.24, 2.45) is 0 Å². The van der Waals surface area contributed by atoms with Crippen LogP contribution in [-0.4, -0.2) is 10.4 Å². The van der Waals surface area contributed by atoms with Crippen LogP contribution in [0.1, 0.15) is 28.2 Å². The van der Waals surface area contributed by atoms with Crippen LogP contribution in [0.15, 0.2) is 60.8 Å². The van der Waals surface area contributed by atoms with E-state index in [2.05, 4.69) is 39.6 Å². The maximum atomic E-state index is 12.6. The summed E-state index contributed by atoms with van der Waals surface area (Å²) in [7, 11) is 0. The summed E-state index contributed by atoms with van der Waals surface area (Å²) in [5.41, 5.74) is 4.38. The second-order valence-corrected chi connectivity index (χ2v) is 6.47. The van der Waals surface area contributed by atoms with Crippen molar-refractivity contribution in [2.45, 2.75) is 32.9 Å². The lowest BCUT2D eigenvalue weighted by molar-refractivity contribution is -0.689. The number of carbonyl (C=O) groups excluding carboxylic acids is 1. The van der Waals surface area contributed by atoms with Crippen molar-refractivity contribution in [3.8, 4) is 11.3 Å². The summed E-state index contributed by atoms with van der Waals surface area (Å²) in [5, 5.41) is 0. The van der Waals surface area contributed by atoms with Crippen LogP contribution in [0.5, 0.6) is 0 Å². The van der Waals surface area contributed by atoms with E-state index in [1.165, 1.54) is 22.6 Å². The minimum Gasteiger partial charge on any atom is -0.290 e. The number of ketones is 1. The molecule has 1 aliphatic rings. The highest BCUT2D eigenvalue weighted by Gasteiger charge is 2.29. The number of aryl methyl sites for hydroxylation is 1. The largest absolute Gasteiger partial charge is 0.290 e. The fourth-order valence-corrected chi connectivity index (χ4v) is 3.47. The second-order valence-electron chi connectivity index (χ2n) is 6.47. The average Bonchev–Trinajstić information content (AvgIpc) is 3.20. The molecule has 2 aromatic carbocycles. The van der Waals surface area contributed by atoms with Crippen LogP contribution in [0.4, 0.5) is 0 Å². The molecule has 0 N–H and O–H groups in total. The lowest BCUT2D eigenvalue weighted by Gasteiger charge is -2.01. The number of hydrogen-bond acceptors (Lipinski definition) is 1. The van der Waals surface area contributed by atoms with E-state index in [0.29, 0.717) is 6.54 Å². The quantitative estimate of drug-likeness (QED) is 0.533. The predicted octanol–water partition coefficient (Wildman–Crippen LogP) is 3.58. The van der Waals surface area contributed by atoms with Crippen molar-refractivity contribution in [1.82, 2.24) is 4.57 Å². The van der Waals surface area contributed by atoms with Gasteiger partial charge in [0.15, 0.2) is 12.2 Å². The fourth-order valence-electron chi connectivity index (χ4n) is 3.47. The summed E-state index contributed by atoms with van der Waals surface area (Å²) in [6, 6.07) is 18.3. The van der Waals surface area contributed by atoms with Gasteiger partial charge in [-0.25, -0.2) is 9.13 Å². The van der Waals surface area contributed by atoms with Crippen LogP contribution >= 0.6 is 0 Å². The average molecular weight is 317 g/mol. The zero-order chi connectivity index (χ0) is 16.5. The summed E-state index contributed by atoms with van der Waals surface area (Å²) in [4.78, 5) is 12.6. The third-order valence-corrected chi connectivity index (χ3v) is 4.75. The molecule has 24 heavy (non-hydrogen) atoms. The summed E-state index contributed by atoms with van der Waals surface area (Å²) >= 11 is 0. The van der Waals surface area contributed by atoms with E-state index < -0.39 is 0 Å². The zero-order valence-electron chi connectivity index (χ0n) is 13.9. The first-order valence-corrected chi connectivity index (χ1v) is 8.49. The Morgan fingerprint density at radius 3 is 2.58 bits per heavy atom. The molecule has 0 unspecified atom stereocenters. The van der Waals surface area contributed by atoms with Crippen molar-refractivity contribution >= 4 is 5.78 Å². The number of imidazole rings is 1. The van der Waals surface area contributed by atoms with Crippen LogP contribution in [0.3, 0.4) is 0 Å². The number of nitrogens with zero attached hydrogens (tertiary/aromatic N) is 2. The van der Waals surface area contributed by atoms with Crippen LogP contribution in [-0.2, 0) is 19.5 Å². The molecule has 0 saturated carbocycles. The van der Waals surface area contributed by atoms with Gasteiger partial charge < -0.3 is 0 Å². The van der Waals surface area contributed by atoms with Gasteiger partial charge in [-0.15, -0.1) is 0 Å². The Bertz CT molecular complexity index is 876. The molecular weight excluding hydrogens is 296 g/mol. The van der Waals surface area contributed by atoms with Gasteiger partial charge in [0, 0.05) is 11.1 Å². The number of carbonyl (C=O) groups is 1. The molecule has 2 heterocycles. The molecule has 1 aromatic heterocycles. The maximum Gasteiger partial charge on any atom is 0.257 e. The van der Waals surface area contributed by atoms with Crippen molar-refractivity contribution in [3.05, 3.63) is 77.7 Å². The van der Waals surface area contributed by atoms with E-state index in [0.717, 1.165) is 24.9 Å². The molecule has 0 spiro atoms. The lowest BCUT2D eigenvalue weighted by atomic mass is 10.1. The van der Waals surface area contributed by atoms with Gasteiger partial charge in [0.25, 0.3) is 5.82 Å². The molecular formula is C21H21N2O+. The molecule has 0 aliphatic carbocycles. The van der Waals surface area contributed by atoms with Crippen molar-refractivity contribution in [2.75, 3.05) is 0 Å². The number of rotatable bonds is 4. The first-order valence-electron chi connectivity index (χ1n) is 8.49. The Morgan fingerprint density at radius 2 is 1.83 bits per heavy atom. The van der Waals surface area contributed by atoms with Crippen LogP contribution < -0.4 is 4.57 Å². The monoisotopic (exact) mass is 317 g/mol. The molecule has 0 amide bonds. The Hall–Kier alpha value is -2.68. The molecule has 0 atom stereocenters. The van der Waals surface area contributed by atoms with Gasteiger partial charge in [0.05, 0.1) is 13.0 Å². The third-order valence-electron chi connectivity index (χ3n) is 4.75. The normalized spacial score (nSPS) is 13.0. The Morgan fingerprint density at radius 1 is 1.08 bits per heavy atom. The van der Waals surface area contributed by atoms with Gasteiger partial charge in [-0.3, -0.25) is 4.79 Å². The standard InChI is InChI=1S/C21H21N2O/c1-16-9-11-18(12-10-16)20(24)15-22-14-19(17-6-3-2-4-7-17)23-13-5-8-21(22)23/h2-4,6-7,9-12,14H,5,8,13,15H2,1H3/q+1. The van der Waals surface area contributed by atoms with Crippen molar-refractivity contribution < 1.29 is 9.36 Å². The number of aromatic nitrogens is 2. The van der Waals surface area contributed by atoms with Crippen molar-refractivity contribution in [1.29, 1.82) is 0 Å². The minimum atomic E-state index is 0.167. The lowest BCUT2D eigenvalue weighted by Crippen LogP contribution is -2.40. The first kappa shape index (κ1) is 14.9. The fraction of sp³-hybridized carbons (Fsp3) is 0.238. The zero-order valence-corrected chi connectivity index (χ0v) is 13.9. The summed E-state index contributed by atoms with van der Waals surface area (Å²) in [6.07, 6.45) is 4.32. The van der Waals surface area contributed by atoms with E-state index >= 15 is 0 Å². The van der Waals surface area contributed by atoms with E-state index in [9.17, 15) is 4.79 Å². The molecule has 0 radical (unpaired) electrons. The molecule has 3 aromatic rings. The Kier molecular flexibility index (Phi) is 3.77. The number of fused-ring (bicyclic) bond motifs is 1. The molecule has 120 valence electrons. The molecule has 0 bridgehead atoms. The predicted molar refractivity (Wildman–Crippen MR) is 93.9 cm³/mol. The topological polar surface area (TPSA) is 25.9 Å². The molecule has 0 saturated heterocycles. The summed E-state index contributed by atoms with van der Waals surface area (Å²) in [6.45, 7) is 3.48. The number of Topliss-reactive ketones (excluding diaryl/α,β-unsaturated/α-hetero) is 1.